The number of aryl methyl sites for hydroxylation is 1. The highest BCUT2D eigenvalue weighted by Gasteiger charge is 2.24. The molecule has 0 spiro atoms. The van der Waals surface area contributed by atoms with Crippen LogP contribution in [0.15, 0.2) is 54.6 Å². The summed E-state index contributed by atoms with van der Waals surface area (Å²) in [5, 5.41) is 15.6. The first-order valence-corrected chi connectivity index (χ1v) is 12.4. The molecule has 8 heteroatoms. The zero-order valence-electron chi connectivity index (χ0n) is 22.0. The molecular weight excluding hydrogens is 458 g/mol. The summed E-state index contributed by atoms with van der Waals surface area (Å²) >= 11 is 0. The summed E-state index contributed by atoms with van der Waals surface area (Å²) in [6, 6.07) is 17.5. The van der Waals surface area contributed by atoms with Crippen molar-refractivity contribution in [3.05, 3.63) is 65.9 Å². The van der Waals surface area contributed by atoms with Gasteiger partial charge in [0.1, 0.15) is 0 Å². The third-order valence-electron chi connectivity index (χ3n) is 5.72. The van der Waals surface area contributed by atoms with Gasteiger partial charge in [0.05, 0.1) is 49.5 Å². The summed E-state index contributed by atoms with van der Waals surface area (Å²) in [6.45, 7) is 8.42. The number of para-hydroxylation sites is 3. The van der Waals surface area contributed by atoms with Crippen LogP contribution >= 0.6 is 0 Å². The molecule has 1 N–H and O–H groups in total. The molecule has 36 heavy (non-hydrogen) atoms. The molecule has 1 aromatic heterocycles. The standard InChI is InChI=1S/C28H39N3O5/c1-6-25-24(19-30(16-17-33-4)18-23(32)20-35-21(2)3)28(31(29-25)22-12-8-7-9-13-22)36-27-15-11-10-14-26(27)34-5/h7-15,21,23,32H,6,16-20H2,1-5H3. The van der Waals surface area contributed by atoms with Crippen LogP contribution < -0.4 is 9.47 Å². The molecule has 0 amide bonds. The van der Waals surface area contributed by atoms with Crippen molar-refractivity contribution < 1.29 is 24.1 Å². The lowest BCUT2D eigenvalue weighted by Crippen LogP contribution is -2.37. The molecule has 196 valence electrons. The summed E-state index contributed by atoms with van der Waals surface area (Å²) < 4.78 is 24.9. The molecule has 0 radical (unpaired) electrons. The number of hydrogen-bond donors (Lipinski definition) is 1. The normalized spacial score (nSPS) is 12.3. The maximum atomic E-state index is 10.7. The van der Waals surface area contributed by atoms with E-state index in [2.05, 4.69) is 11.8 Å². The molecule has 0 saturated heterocycles. The smallest absolute Gasteiger partial charge is 0.227 e. The van der Waals surface area contributed by atoms with Gasteiger partial charge in [0.15, 0.2) is 11.5 Å². The molecule has 8 nitrogen and oxygen atoms in total. The molecule has 1 atom stereocenters. The Morgan fingerprint density at radius 1 is 1.00 bits per heavy atom. The zero-order chi connectivity index (χ0) is 25.9. The fourth-order valence-corrected chi connectivity index (χ4v) is 3.91. The molecule has 0 aliphatic rings. The molecule has 2 aromatic carbocycles. The Kier molecular flexibility index (Phi) is 10.8. The van der Waals surface area contributed by atoms with E-state index >= 15 is 0 Å². The molecular formula is C28H39N3O5. The summed E-state index contributed by atoms with van der Waals surface area (Å²) in [5.74, 6) is 1.87. The van der Waals surface area contributed by atoms with Crippen molar-refractivity contribution in [2.24, 2.45) is 0 Å². The lowest BCUT2D eigenvalue weighted by molar-refractivity contribution is -0.0122. The monoisotopic (exact) mass is 497 g/mol. The largest absolute Gasteiger partial charge is 0.493 e. The van der Waals surface area contributed by atoms with Crippen molar-refractivity contribution in [2.45, 2.75) is 45.9 Å². The number of ether oxygens (including phenoxy) is 4. The van der Waals surface area contributed by atoms with Gasteiger partial charge in [-0.1, -0.05) is 37.3 Å². The van der Waals surface area contributed by atoms with E-state index in [1.807, 2.05) is 73.1 Å². The first-order chi connectivity index (χ1) is 17.5. The van der Waals surface area contributed by atoms with Crippen LogP contribution in [0.5, 0.6) is 17.4 Å². The summed E-state index contributed by atoms with van der Waals surface area (Å²) in [5.41, 5.74) is 2.79. The lowest BCUT2D eigenvalue weighted by Gasteiger charge is -2.25. The van der Waals surface area contributed by atoms with Gasteiger partial charge in [0, 0.05) is 26.7 Å². The highest BCUT2D eigenvalue weighted by Crippen LogP contribution is 2.36. The van der Waals surface area contributed by atoms with Crippen LogP contribution in [-0.2, 0) is 22.4 Å². The minimum Gasteiger partial charge on any atom is -0.493 e. The van der Waals surface area contributed by atoms with Crippen molar-refractivity contribution in [2.75, 3.05) is 40.5 Å². The van der Waals surface area contributed by atoms with Gasteiger partial charge in [-0.05, 0) is 44.5 Å². The Morgan fingerprint density at radius 2 is 1.69 bits per heavy atom. The summed E-state index contributed by atoms with van der Waals surface area (Å²) in [7, 11) is 3.31. The molecule has 0 aliphatic heterocycles. The van der Waals surface area contributed by atoms with E-state index in [1.165, 1.54) is 0 Å². The van der Waals surface area contributed by atoms with Gasteiger partial charge in [0.25, 0.3) is 0 Å². The molecule has 3 aromatic rings. The Bertz CT molecular complexity index is 1050. The number of aliphatic hydroxyl groups is 1. The van der Waals surface area contributed by atoms with E-state index in [0.717, 1.165) is 23.4 Å². The van der Waals surface area contributed by atoms with Gasteiger partial charge in [-0.3, -0.25) is 4.90 Å². The second-order valence-corrected chi connectivity index (χ2v) is 8.85. The van der Waals surface area contributed by atoms with E-state index in [1.54, 1.807) is 14.2 Å². The fraction of sp³-hybridized carbons (Fsp3) is 0.464. The third-order valence-corrected chi connectivity index (χ3v) is 5.72. The Balaban J connectivity index is 2.00. The Morgan fingerprint density at radius 3 is 2.33 bits per heavy atom. The van der Waals surface area contributed by atoms with E-state index in [0.29, 0.717) is 43.6 Å². The number of aliphatic hydroxyl groups excluding tert-OH is 1. The lowest BCUT2D eigenvalue weighted by atomic mass is 10.1. The maximum absolute atomic E-state index is 10.7. The summed E-state index contributed by atoms with van der Waals surface area (Å²) in [6.07, 6.45) is 0.162. The SMILES string of the molecule is CCc1nn(-c2ccccc2)c(Oc2ccccc2OC)c1CN(CCOC)CC(O)COC(C)C. The average molecular weight is 498 g/mol. The number of aromatic nitrogens is 2. The Labute approximate surface area is 214 Å². The molecule has 1 unspecified atom stereocenters. The predicted octanol–water partition coefficient (Wildman–Crippen LogP) is 4.47. The topological polar surface area (TPSA) is 78.2 Å². The van der Waals surface area contributed by atoms with E-state index in [4.69, 9.17) is 24.0 Å². The number of benzene rings is 2. The van der Waals surface area contributed by atoms with Crippen molar-refractivity contribution in [1.82, 2.24) is 14.7 Å². The maximum Gasteiger partial charge on any atom is 0.227 e. The van der Waals surface area contributed by atoms with Crippen LogP contribution in [0.3, 0.4) is 0 Å². The van der Waals surface area contributed by atoms with Gasteiger partial charge in [-0.15, -0.1) is 0 Å². The molecule has 3 rings (SSSR count). The number of methoxy groups -OCH3 is 2. The fourth-order valence-electron chi connectivity index (χ4n) is 3.91. The van der Waals surface area contributed by atoms with Gasteiger partial charge >= 0.3 is 0 Å². The predicted molar refractivity (Wildman–Crippen MR) is 140 cm³/mol. The third kappa shape index (κ3) is 7.54. The van der Waals surface area contributed by atoms with Gasteiger partial charge in [-0.25, -0.2) is 4.68 Å². The molecule has 1 heterocycles. The zero-order valence-corrected chi connectivity index (χ0v) is 22.0. The molecule has 0 aliphatic carbocycles. The molecule has 0 saturated carbocycles. The first-order valence-electron chi connectivity index (χ1n) is 12.4. The van der Waals surface area contributed by atoms with Crippen LogP contribution in [0, 0.1) is 0 Å². The van der Waals surface area contributed by atoms with Crippen LogP contribution in [0.4, 0.5) is 0 Å². The van der Waals surface area contributed by atoms with Crippen LogP contribution in [0.2, 0.25) is 0 Å². The van der Waals surface area contributed by atoms with E-state index < -0.39 is 6.10 Å². The van der Waals surface area contributed by atoms with E-state index in [-0.39, 0.29) is 12.7 Å². The highest BCUT2D eigenvalue weighted by molar-refractivity contribution is 5.47. The van der Waals surface area contributed by atoms with Crippen molar-refractivity contribution in [3.63, 3.8) is 0 Å². The number of nitrogens with zero attached hydrogens (tertiary/aromatic N) is 3. The van der Waals surface area contributed by atoms with Crippen LogP contribution in [0.1, 0.15) is 32.0 Å². The van der Waals surface area contributed by atoms with Crippen molar-refractivity contribution in [3.8, 4) is 23.1 Å². The average Bonchev–Trinajstić information content (AvgIpc) is 3.23. The van der Waals surface area contributed by atoms with Gasteiger partial charge < -0.3 is 24.1 Å². The second kappa shape index (κ2) is 14.0. The van der Waals surface area contributed by atoms with Crippen molar-refractivity contribution in [1.29, 1.82) is 0 Å². The first kappa shape index (κ1) is 27.7. The quantitative estimate of drug-likeness (QED) is 0.332. The van der Waals surface area contributed by atoms with Crippen LogP contribution in [-0.4, -0.2) is 72.5 Å². The number of hydrogen-bond acceptors (Lipinski definition) is 7. The van der Waals surface area contributed by atoms with Gasteiger partial charge in [0.2, 0.25) is 5.88 Å². The van der Waals surface area contributed by atoms with Crippen molar-refractivity contribution >= 4 is 0 Å². The van der Waals surface area contributed by atoms with Gasteiger partial charge in [-0.2, -0.15) is 5.10 Å². The minimum absolute atomic E-state index is 0.0590. The van der Waals surface area contributed by atoms with Crippen LogP contribution in [0.25, 0.3) is 5.69 Å². The Hall–Kier alpha value is -2.91. The molecule has 0 fully saturated rings. The minimum atomic E-state index is -0.628. The number of rotatable bonds is 15. The molecule has 0 bridgehead atoms. The summed E-state index contributed by atoms with van der Waals surface area (Å²) in [4.78, 5) is 2.15. The van der Waals surface area contributed by atoms with E-state index in [9.17, 15) is 5.11 Å². The highest BCUT2D eigenvalue weighted by atomic mass is 16.5. The second-order valence-electron chi connectivity index (χ2n) is 8.85.